The Morgan fingerprint density at radius 3 is 0.402 bits per heavy atom. The van der Waals surface area contributed by atoms with Crippen molar-refractivity contribution < 1.29 is 0 Å². The van der Waals surface area contributed by atoms with Gasteiger partial charge in [-0.25, -0.2) is 0 Å². The minimum atomic E-state index is -0.0997. The van der Waals surface area contributed by atoms with Crippen LogP contribution in [-0.2, 0) is 43.3 Å². The monoisotopic (exact) mass is 1320 g/mol. The van der Waals surface area contributed by atoms with Crippen molar-refractivity contribution in [2.24, 2.45) is 0 Å². The molecular formula is C102H96. The Hall–Kier alpha value is -9.10. The standard InChI is InChI=1S/C102H96/c1-95(2,3)49-25-29-57-65(37-49)69-41-53(99(13,14)15)45-73-74-46-54(100(16,17)18)42-70-66-38-50(96(4,5)6)26-30-58(66)84-88-62-35-36-64-78-63(34-33-61(77(62)78)87(88)83(57)91(79(69)73)92(84)80(70)74)89-85-59-31-27-51(97(7,8)9)39-67(59)71-43-55(101(19,20)21)47-75-76-48-56(102(22,23)24)44-72-68-40-52(98(10,11)12)28-32-60(68)86(90(64)89)94(82(72)76)93(85)81(71)75/h25-48H,1-24H3. The number of rotatable bonds is 0. The van der Waals surface area contributed by atoms with E-state index in [1.54, 1.807) is 0 Å². The van der Waals surface area contributed by atoms with Crippen LogP contribution in [0.1, 0.15) is 211 Å². The Morgan fingerprint density at radius 2 is 0.235 bits per heavy atom. The largest absolute Gasteiger partial charge is 0.0578 e. The highest BCUT2D eigenvalue weighted by molar-refractivity contribution is 6.61. The molecule has 20 aromatic rings. The van der Waals surface area contributed by atoms with E-state index in [0.717, 1.165) is 0 Å². The summed E-state index contributed by atoms with van der Waals surface area (Å²) < 4.78 is 0. The van der Waals surface area contributed by atoms with E-state index in [2.05, 4.69) is 312 Å². The van der Waals surface area contributed by atoms with Gasteiger partial charge in [0.05, 0.1) is 0 Å². The van der Waals surface area contributed by atoms with Crippen LogP contribution in [0, 0.1) is 0 Å². The quantitative estimate of drug-likeness (QED) is 0.105. The predicted molar refractivity (Wildman–Crippen MR) is 456 cm³/mol. The second kappa shape index (κ2) is 18.8. The molecule has 0 heterocycles. The summed E-state index contributed by atoms with van der Waals surface area (Å²) in [5, 5.41) is 52.6. The van der Waals surface area contributed by atoms with Gasteiger partial charge < -0.3 is 0 Å². The number of hydrogen-bond donors (Lipinski definition) is 0. The molecule has 0 nitrogen and oxygen atoms in total. The second-order valence-corrected chi connectivity index (χ2v) is 40.4. The van der Waals surface area contributed by atoms with Gasteiger partial charge in [0, 0.05) is 0 Å². The van der Waals surface area contributed by atoms with Crippen molar-refractivity contribution in [2.45, 2.75) is 209 Å². The highest BCUT2D eigenvalue weighted by atomic mass is 14.4. The van der Waals surface area contributed by atoms with Gasteiger partial charge in [0.1, 0.15) is 0 Å². The van der Waals surface area contributed by atoms with Crippen LogP contribution in [0.3, 0.4) is 0 Å². The van der Waals surface area contributed by atoms with Crippen molar-refractivity contribution in [1.82, 2.24) is 0 Å². The molecular weight excluding hydrogens is 1230 g/mol. The first kappa shape index (κ1) is 62.7. The van der Waals surface area contributed by atoms with E-state index < -0.39 is 0 Å². The maximum absolute atomic E-state index is 2.63. The molecule has 0 aromatic heterocycles. The topological polar surface area (TPSA) is 0 Å². The fourth-order valence-electron chi connectivity index (χ4n) is 19.9. The van der Waals surface area contributed by atoms with E-state index in [-0.39, 0.29) is 43.3 Å². The zero-order chi connectivity index (χ0) is 71.5. The smallest absolute Gasteiger partial charge is 0.0000703 e. The first-order valence-electron chi connectivity index (χ1n) is 38.1. The average Bonchev–Trinajstić information content (AvgIpc) is 1.34. The molecule has 0 atom stereocenters. The van der Waals surface area contributed by atoms with Gasteiger partial charge in [-0.3, -0.25) is 0 Å². The second-order valence-electron chi connectivity index (χ2n) is 40.4. The predicted octanol–water partition coefficient (Wildman–Crippen LogP) is 30.6. The lowest BCUT2D eigenvalue weighted by atomic mass is 9.74. The van der Waals surface area contributed by atoms with Crippen LogP contribution in [0.4, 0.5) is 0 Å². The van der Waals surface area contributed by atoms with Gasteiger partial charge in [0.15, 0.2) is 0 Å². The Kier molecular flexibility index (Phi) is 11.6. The molecule has 0 radical (unpaired) electrons. The molecule has 0 amide bonds. The van der Waals surface area contributed by atoms with Gasteiger partial charge >= 0.3 is 0 Å². The van der Waals surface area contributed by atoms with Crippen molar-refractivity contribution in [3.8, 4) is 0 Å². The van der Waals surface area contributed by atoms with Gasteiger partial charge in [-0.05, 0) is 365 Å². The fourth-order valence-corrected chi connectivity index (χ4v) is 19.9. The van der Waals surface area contributed by atoms with E-state index in [0.29, 0.717) is 0 Å². The Bertz CT molecular complexity index is 6320. The third-order valence-electron chi connectivity index (χ3n) is 25.6. The zero-order valence-corrected chi connectivity index (χ0v) is 64.9. The van der Waals surface area contributed by atoms with E-state index >= 15 is 0 Å². The van der Waals surface area contributed by atoms with Gasteiger partial charge in [-0.15, -0.1) is 0 Å². The first-order valence-corrected chi connectivity index (χ1v) is 38.1. The lowest BCUT2D eigenvalue weighted by Crippen LogP contribution is -2.13. The summed E-state index contributed by atoms with van der Waals surface area (Å²) >= 11 is 0. The molecule has 20 aromatic carbocycles. The zero-order valence-electron chi connectivity index (χ0n) is 64.9. The SMILES string of the molecule is CC(C)(C)c1ccc2c(c1)c1cc(C(C)(C)C)cc3c4cc(C(C)(C)C)cc5c6cc(C(C)(C)C)ccc6c6c7c8ccc9c%10c(ccc(c8%10)c7c2c(c13)c6c54)c1c9c2c3ccc(C(C)(C)C)cc3c3cc(C(C)(C)C)cc4c5cc(C(C)(C)C)cc6c7cc(C(C)(C)C)ccc7c1c(c65)c2c34. The molecule has 0 aliphatic rings. The molecule has 0 aliphatic heterocycles. The maximum atomic E-state index is 2.63. The minimum Gasteiger partial charge on any atom is -0.0578 e. The summed E-state index contributed by atoms with van der Waals surface area (Å²) in [4.78, 5) is 0. The van der Waals surface area contributed by atoms with Crippen molar-refractivity contribution in [1.29, 1.82) is 0 Å². The highest BCUT2D eigenvalue weighted by Crippen LogP contribution is 2.63. The Balaban J connectivity index is 1.10. The number of hydrogen-bond acceptors (Lipinski definition) is 0. The maximum Gasteiger partial charge on any atom is -0.0000703 e. The fraction of sp³-hybridized carbons (Fsp3) is 0.314. The van der Waals surface area contributed by atoms with Crippen molar-refractivity contribution in [2.75, 3.05) is 0 Å². The van der Waals surface area contributed by atoms with Gasteiger partial charge in [0.25, 0.3) is 0 Å². The summed E-state index contributed by atoms with van der Waals surface area (Å²) in [5.74, 6) is 0. The van der Waals surface area contributed by atoms with Gasteiger partial charge in [0.2, 0.25) is 0 Å². The lowest BCUT2D eigenvalue weighted by molar-refractivity contribution is 0.590. The Morgan fingerprint density at radius 1 is 0.108 bits per heavy atom. The molecule has 102 heavy (non-hydrogen) atoms. The van der Waals surface area contributed by atoms with Crippen LogP contribution in [0.15, 0.2) is 146 Å². The summed E-state index contributed by atoms with van der Waals surface area (Å²) in [5.41, 5.74) is 10.3. The van der Waals surface area contributed by atoms with Crippen LogP contribution < -0.4 is 0 Å². The van der Waals surface area contributed by atoms with Gasteiger partial charge in [-0.2, -0.15) is 0 Å². The normalized spacial score (nSPS) is 14.5. The van der Waals surface area contributed by atoms with Gasteiger partial charge in [-0.1, -0.05) is 239 Å². The van der Waals surface area contributed by atoms with E-state index in [9.17, 15) is 0 Å². The minimum absolute atomic E-state index is 0.0624. The molecule has 0 unspecified atom stereocenters. The molecule has 0 fully saturated rings. The van der Waals surface area contributed by atoms with E-state index in [4.69, 9.17) is 0 Å². The third kappa shape index (κ3) is 7.90. The molecule has 20 rings (SSSR count). The summed E-state index contributed by atoms with van der Waals surface area (Å²) in [6.07, 6.45) is 0. The summed E-state index contributed by atoms with van der Waals surface area (Å²) in [6, 6.07) is 62.0. The summed E-state index contributed by atoms with van der Waals surface area (Å²) in [6.45, 7) is 57.7. The van der Waals surface area contributed by atoms with Crippen LogP contribution in [0.2, 0.25) is 0 Å². The first-order chi connectivity index (χ1) is 47.7. The molecule has 0 bridgehead atoms. The van der Waals surface area contributed by atoms with Crippen LogP contribution >= 0.6 is 0 Å². The number of fused-ring (bicyclic) bond motifs is 24. The third-order valence-corrected chi connectivity index (χ3v) is 25.6. The molecule has 0 N–H and O–H groups in total. The number of benzene rings is 18. The molecule has 0 aliphatic carbocycles. The highest BCUT2D eigenvalue weighted by Gasteiger charge is 2.36. The average molecular weight is 1320 g/mol. The lowest BCUT2D eigenvalue weighted by Gasteiger charge is -2.29. The van der Waals surface area contributed by atoms with Crippen molar-refractivity contribution >= 4 is 205 Å². The molecule has 0 heteroatoms. The van der Waals surface area contributed by atoms with Crippen molar-refractivity contribution in [3.63, 3.8) is 0 Å². The van der Waals surface area contributed by atoms with Crippen LogP contribution in [0.5, 0.6) is 0 Å². The molecule has 0 spiro atoms. The van der Waals surface area contributed by atoms with Crippen LogP contribution in [0.25, 0.3) is 205 Å². The van der Waals surface area contributed by atoms with E-state index in [1.165, 1.54) is 249 Å². The van der Waals surface area contributed by atoms with Crippen molar-refractivity contribution in [3.05, 3.63) is 190 Å². The Labute approximate surface area is 600 Å². The molecule has 504 valence electrons. The summed E-state index contributed by atoms with van der Waals surface area (Å²) in [7, 11) is 0. The van der Waals surface area contributed by atoms with E-state index in [1.807, 2.05) is 0 Å². The molecule has 0 saturated heterocycles. The van der Waals surface area contributed by atoms with Crippen LogP contribution in [-0.4, -0.2) is 0 Å². The molecule has 0 saturated carbocycles.